The van der Waals surface area contributed by atoms with Crippen molar-refractivity contribution in [2.24, 2.45) is 0 Å². The topological polar surface area (TPSA) is 159 Å². The van der Waals surface area contributed by atoms with Crippen molar-refractivity contribution in [3.63, 3.8) is 0 Å². The monoisotopic (exact) mass is 633 g/mol. The predicted octanol–water partition coefficient (Wildman–Crippen LogP) is 4.44. The molecule has 226 valence electrons. The first kappa shape index (κ1) is 30.3. The second kappa shape index (κ2) is 12.2. The van der Waals surface area contributed by atoms with Crippen molar-refractivity contribution in [1.82, 2.24) is 4.72 Å². The van der Waals surface area contributed by atoms with Gasteiger partial charge in [-0.3, -0.25) is 9.52 Å². The number of carbonyl (C=O) groups is 2. The Hall–Kier alpha value is -5.14. The maximum atomic E-state index is 13.0. The van der Waals surface area contributed by atoms with Gasteiger partial charge in [0.15, 0.2) is 11.5 Å². The number of hydrogen-bond acceptors (Lipinski definition) is 8. The van der Waals surface area contributed by atoms with Gasteiger partial charge in [0.25, 0.3) is 0 Å². The number of aliphatic hydroxyl groups is 1. The molecule has 13 heteroatoms. The minimum atomic E-state index is -4.20. The van der Waals surface area contributed by atoms with Gasteiger partial charge in [-0.25, -0.2) is 22.2 Å². The lowest BCUT2D eigenvalue weighted by atomic mass is 10.0. The third-order valence-electron chi connectivity index (χ3n) is 6.54. The summed E-state index contributed by atoms with van der Waals surface area (Å²) >= 11 is 0. The van der Waals surface area contributed by atoms with Gasteiger partial charge in [0.2, 0.25) is 15.9 Å². The highest BCUT2D eigenvalue weighted by Crippen LogP contribution is 2.35. The molecule has 11 nitrogen and oxygen atoms in total. The highest BCUT2D eigenvalue weighted by molar-refractivity contribution is 7.93. The van der Waals surface area contributed by atoms with Gasteiger partial charge in [-0.1, -0.05) is 72.3 Å². The number of benzene rings is 4. The fourth-order valence-corrected chi connectivity index (χ4v) is 6.71. The number of Topliss-reactive ketones (excluding diaryl/α,β-unsaturated/α-hetero) is 1. The molecule has 5 rings (SSSR count). The maximum Gasteiger partial charge on any atom is 0.343 e. The first-order chi connectivity index (χ1) is 20.9. The van der Waals surface area contributed by atoms with E-state index in [1.54, 1.807) is 84.9 Å². The molecule has 0 atom stereocenters. The Kier molecular flexibility index (Phi) is 8.43. The number of nitrogens with zero attached hydrogens (tertiary/aromatic N) is 1. The molecule has 0 aromatic heterocycles. The zero-order chi connectivity index (χ0) is 31.5. The van der Waals surface area contributed by atoms with Crippen molar-refractivity contribution in [2.75, 3.05) is 14.8 Å². The number of nitrogens with one attached hydrogen (secondary N) is 2. The smallest absolute Gasteiger partial charge is 0.343 e. The Morgan fingerprint density at radius 2 is 1.57 bits per heavy atom. The van der Waals surface area contributed by atoms with Crippen molar-refractivity contribution in [2.45, 2.75) is 13.3 Å². The van der Waals surface area contributed by atoms with Crippen LogP contribution in [0.2, 0.25) is 0 Å². The largest absolute Gasteiger partial charge is 0.493 e. The molecule has 0 bridgehead atoms. The number of anilines is 2. The zero-order valence-electron chi connectivity index (χ0n) is 23.3. The molecule has 1 aliphatic rings. The van der Waals surface area contributed by atoms with Crippen LogP contribution in [0.25, 0.3) is 0 Å². The van der Waals surface area contributed by atoms with E-state index in [9.17, 15) is 31.5 Å². The highest BCUT2D eigenvalue weighted by Gasteiger charge is 2.32. The molecule has 3 N–H and O–H groups in total. The first-order valence-corrected chi connectivity index (χ1v) is 16.3. The molecule has 0 amide bonds. The summed E-state index contributed by atoms with van der Waals surface area (Å²) in [7, 11) is -8.28. The zero-order valence-corrected chi connectivity index (χ0v) is 24.9. The van der Waals surface area contributed by atoms with Crippen molar-refractivity contribution in [1.29, 1.82) is 0 Å². The Morgan fingerprint density at radius 1 is 0.909 bits per heavy atom. The van der Waals surface area contributed by atoms with Gasteiger partial charge >= 0.3 is 16.2 Å². The second-order valence-electron chi connectivity index (χ2n) is 9.96. The molecule has 1 aliphatic heterocycles. The van der Waals surface area contributed by atoms with E-state index in [4.69, 9.17) is 4.74 Å². The molecule has 0 unspecified atom stereocenters. The van der Waals surface area contributed by atoms with Crippen LogP contribution >= 0.6 is 0 Å². The fourth-order valence-electron chi connectivity index (χ4n) is 4.52. The summed E-state index contributed by atoms with van der Waals surface area (Å²) in [5, 5.41) is 9.81. The Morgan fingerprint density at radius 3 is 2.20 bits per heavy atom. The predicted molar refractivity (Wildman–Crippen MR) is 165 cm³/mol. The van der Waals surface area contributed by atoms with Crippen LogP contribution in [0.5, 0.6) is 5.75 Å². The van der Waals surface area contributed by atoms with Crippen LogP contribution in [0.1, 0.15) is 37.4 Å². The van der Waals surface area contributed by atoms with Crippen molar-refractivity contribution >= 4 is 43.4 Å². The molecule has 1 heterocycles. The summed E-state index contributed by atoms with van der Waals surface area (Å²) < 4.78 is 62.0. The number of sulfonamides is 1. The average molecular weight is 634 g/mol. The van der Waals surface area contributed by atoms with Crippen LogP contribution in [0.4, 0.5) is 11.4 Å². The van der Waals surface area contributed by atoms with Crippen molar-refractivity contribution < 1.29 is 36.3 Å². The summed E-state index contributed by atoms with van der Waals surface area (Å²) in [6, 6.07) is 25.8. The van der Waals surface area contributed by atoms with E-state index < -0.39 is 43.6 Å². The Balaban J connectivity index is 1.46. The van der Waals surface area contributed by atoms with E-state index in [0.29, 0.717) is 11.1 Å². The minimum absolute atomic E-state index is 0.0424. The van der Waals surface area contributed by atoms with Gasteiger partial charge in [-0.05, 0) is 54.8 Å². The number of esters is 1. The summed E-state index contributed by atoms with van der Waals surface area (Å²) in [6.45, 7) is 1.83. The molecule has 0 saturated heterocycles. The number of aliphatic hydroxyl groups excluding tert-OH is 1. The van der Waals surface area contributed by atoms with Crippen molar-refractivity contribution in [3.05, 3.63) is 137 Å². The lowest BCUT2D eigenvalue weighted by Crippen LogP contribution is -2.30. The molecular weight excluding hydrogens is 606 g/mol. The van der Waals surface area contributed by atoms with Crippen LogP contribution in [-0.2, 0) is 26.7 Å². The third kappa shape index (κ3) is 7.07. The van der Waals surface area contributed by atoms with Crippen LogP contribution in [-0.4, -0.2) is 39.4 Å². The second-order valence-corrected chi connectivity index (χ2v) is 13.2. The van der Waals surface area contributed by atoms with Crippen LogP contribution < -0.4 is 18.5 Å². The van der Waals surface area contributed by atoms with Gasteiger partial charge in [0.1, 0.15) is 11.4 Å². The maximum absolute atomic E-state index is 13.0. The number of ketones is 1. The molecular formula is C31H27N3O8S2. The molecule has 0 aliphatic carbocycles. The van der Waals surface area contributed by atoms with Gasteiger partial charge in [-0.15, -0.1) is 0 Å². The minimum Gasteiger partial charge on any atom is -0.493 e. The van der Waals surface area contributed by atoms with E-state index in [0.717, 1.165) is 16.1 Å². The van der Waals surface area contributed by atoms with Gasteiger partial charge in [0.05, 0.1) is 17.5 Å². The van der Waals surface area contributed by atoms with Crippen LogP contribution in [0, 0.1) is 6.92 Å². The van der Waals surface area contributed by atoms with Crippen LogP contribution in [0.3, 0.4) is 0 Å². The highest BCUT2D eigenvalue weighted by atomic mass is 32.2. The molecule has 44 heavy (non-hydrogen) atoms. The van der Waals surface area contributed by atoms with E-state index in [1.807, 2.05) is 11.6 Å². The number of ether oxygens (including phenoxy) is 1. The summed E-state index contributed by atoms with van der Waals surface area (Å²) in [5.74, 6) is -2.78. The van der Waals surface area contributed by atoms with E-state index in [-0.39, 0.29) is 34.7 Å². The molecule has 0 fully saturated rings. The van der Waals surface area contributed by atoms with Crippen LogP contribution in [0.15, 0.2) is 109 Å². The number of carbonyl (C=O) groups excluding carboxylic acids is 2. The summed E-state index contributed by atoms with van der Waals surface area (Å²) in [4.78, 5) is 25.5. The quantitative estimate of drug-likeness (QED) is 0.131. The van der Waals surface area contributed by atoms with E-state index in [1.165, 1.54) is 12.1 Å². The first-order valence-electron chi connectivity index (χ1n) is 13.2. The number of aryl methyl sites for hydroxylation is 1. The molecule has 0 saturated carbocycles. The van der Waals surface area contributed by atoms with Gasteiger partial charge in [-0.2, -0.15) is 8.42 Å². The lowest BCUT2D eigenvalue weighted by molar-refractivity contribution is 0.0735. The standard InChI is InChI=1S/C31H27N3O8S2/c1-21-12-14-26(32-43(38,39)20-28(35)23-8-4-2-5-9-23)25(16-21)17-22-13-15-27(34-19-30(36)33-44(34,40)41)29(18-22)42-31(37)24-10-6-3-7-11-24/h2-16,18-19,32-33,36H,17,20H2,1H3. The number of rotatable bonds is 10. The number of hydrogen-bond donors (Lipinski definition) is 3. The van der Waals surface area contributed by atoms with E-state index >= 15 is 0 Å². The Labute approximate surface area is 254 Å². The fraction of sp³-hybridized carbons (Fsp3) is 0.0968. The normalized spacial score (nSPS) is 13.9. The van der Waals surface area contributed by atoms with Gasteiger partial charge < -0.3 is 9.84 Å². The molecule has 4 aromatic rings. The third-order valence-corrected chi connectivity index (χ3v) is 9.00. The van der Waals surface area contributed by atoms with Crippen molar-refractivity contribution in [3.8, 4) is 5.75 Å². The SMILES string of the molecule is Cc1ccc(NS(=O)(=O)CC(=O)c2ccccc2)c(Cc2ccc(N3C=C(O)NS3(=O)=O)c(OC(=O)c3ccccc3)c2)c1. The summed E-state index contributed by atoms with van der Waals surface area (Å²) in [6.07, 6.45) is 1.09. The molecule has 4 aromatic carbocycles. The molecule has 0 spiro atoms. The van der Waals surface area contributed by atoms with E-state index in [2.05, 4.69) is 4.72 Å². The summed E-state index contributed by atoms with van der Waals surface area (Å²) in [5.41, 5.74) is 2.66. The van der Waals surface area contributed by atoms with Gasteiger partial charge in [0, 0.05) is 5.56 Å². The lowest BCUT2D eigenvalue weighted by Gasteiger charge is -2.19. The average Bonchev–Trinajstić information content (AvgIpc) is 3.26. The molecule has 0 radical (unpaired) electrons. The Bertz CT molecular complexity index is 1980.